The number of rotatable bonds is 6. The molecule has 132 valence electrons. The first-order valence-electron chi connectivity index (χ1n) is 7.72. The largest absolute Gasteiger partial charge is 0.496 e. The van der Waals surface area contributed by atoms with Crippen molar-refractivity contribution < 1.29 is 18.8 Å². The molecule has 3 aromatic rings. The molecule has 0 atom stereocenters. The molecule has 0 unspecified atom stereocenters. The first-order valence-corrected chi connectivity index (χ1v) is 8.10. The Morgan fingerprint density at radius 2 is 1.96 bits per heavy atom. The van der Waals surface area contributed by atoms with Crippen LogP contribution in [0.3, 0.4) is 0 Å². The summed E-state index contributed by atoms with van der Waals surface area (Å²) in [5, 5.41) is 4.52. The number of nitrogens with zero attached hydrogens (tertiary/aromatic N) is 2. The van der Waals surface area contributed by atoms with E-state index in [1.165, 1.54) is 6.08 Å². The highest BCUT2D eigenvalue weighted by molar-refractivity contribution is 6.30. The highest BCUT2D eigenvalue weighted by Crippen LogP contribution is 2.27. The van der Waals surface area contributed by atoms with Gasteiger partial charge in [-0.2, -0.15) is 4.98 Å². The minimum absolute atomic E-state index is 0.119. The topological polar surface area (TPSA) is 74.5 Å². The Balaban J connectivity index is 1.59. The van der Waals surface area contributed by atoms with Crippen LogP contribution < -0.4 is 4.74 Å². The summed E-state index contributed by atoms with van der Waals surface area (Å²) in [6.45, 7) is -0.119. The molecule has 0 aliphatic carbocycles. The zero-order valence-electron chi connectivity index (χ0n) is 13.9. The van der Waals surface area contributed by atoms with Crippen LogP contribution in [0, 0.1) is 0 Å². The lowest BCUT2D eigenvalue weighted by Gasteiger charge is -2.03. The molecule has 1 heterocycles. The van der Waals surface area contributed by atoms with Crippen LogP contribution in [0.5, 0.6) is 5.75 Å². The predicted molar refractivity (Wildman–Crippen MR) is 96.6 cm³/mol. The second kappa shape index (κ2) is 8.31. The van der Waals surface area contributed by atoms with Gasteiger partial charge in [0.15, 0.2) is 6.61 Å². The maximum atomic E-state index is 11.8. The fourth-order valence-corrected chi connectivity index (χ4v) is 2.30. The number of carbonyl (C=O) groups is 1. The molecule has 0 aliphatic heterocycles. The van der Waals surface area contributed by atoms with E-state index in [-0.39, 0.29) is 12.5 Å². The van der Waals surface area contributed by atoms with Crippen molar-refractivity contribution in [1.29, 1.82) is 0 Å². The van der Waals surface area contributed by atoms with E-state index in [4.69, 9.17) is 25.6 Å². The van der Waals surface area contributed by atoms with Gasteiger partial charge in [0.05, 0.1) is 12.7 Å². The monoisotopic (exact) mass is 370 g/mol. The SMILES string of the molecule is COc1ccccc1-c1noc(COC(=O)/C=C/c2ccc(Cl)cc2)n1. The number of ether oxygens (including phenoxy) is 2. The van der Waals surface area contributed by atoms with E-state index in [2.05, 4.69) is 10.1 Å². The van der Waals surface area contributed by atoms with Crippen LogP contribution in [0.25, 0.3) is 17.5 Å². The average Bonchev–Trinajstić information content (AvgIpc) is 3.14. The summed E-state index contributed by atoms with van der Waals surface area (Å²) in [5.74, 6) is 0.670. The van der Waals surface area contributed by atoms with Crippen LogP contribution in [0.1, 0.15) is 11.5 Å². The van der Waals surface area contributed by atoms with Gasteiger partial charge < -0.3 is 14.0 Å². The van der Waals surface area contributed by atoms with Gasteiger partial charge in [-0.15, -0.1) is 0 Å². The number of carbonyl (C=O) groups excluding carboxylic acids is 1. The summed E-state index contributed by atoms with van der Waals surface area (Å²) in [4.78, 5) is 16.0. The van der Waals surface area contributed by atoms with Crippen molar-refractivity contribution >= 4 is 23.6 Å². The molecule has 26 heavy (non-hydrogen) atoms. The fourth-order valence-electron chi connectivity index (χ4n) is 2.17. The minimum atomic E-state index is -0.517. The number of aromatic nitrogens is 2. The van der Waals surface area contributed by atoms with Gasteiger partial charge in [-0.25, -0.2) is 4.79 Å². The lowest BCUT2D eigenvalue weighted by atomic mass is 10.2. The number of hydrogen-bond acceptors (Lipinski definition) is 6. The smallest absolute Gasteiger partial charge is 0.331 e. The highest BCUT2D eigenvalue weighted by atomic mass is 35.5. The van der Waals surface area contributed by atoms with E-state index in [1.807, 2.05) is 18.2 Å². The zero-order valence-corrected chi connectivity index (χ0v) is 14.6. The number of hydrogen-bond donors (Lipinski definition) is 0. The molecule has 6 nitrogen and oxygen atoms in total. The molecular formula is C19H15ClN2O4. The maximum Gasteiger partial charge on any atom is 0.331 e. The second-order valence-corrected chi connectivity index (χ2v) is 5.64. The van der Waals surface area contributed by atoms with Gasteiger partial charge in [-0.05, 0) is 35.9 Å². The van der Waals surface area contributed by atoms with E-state index in [0.29, 0.717) is 22.2 Å². The number of para-hydroxylation sites is 1. The molecule has 0 amide bonds. The van der Waals surface area contributed by atoms with Crippen LogP contribution in [-0.2, 0) is 16.1 Å². The van der Waals surface area contributed by atoms with Gasteiger partial charge in [-0.1, -0.05) is 41.0 Å². The molecule has 0 spiro atoms. The summed E-state index contributed by atoms with van der Waals surface area (Å²) in [7, 11) is 1.56. The van der Waals surface area contributed by atoms with Crippen molar-refractivity contribution in [1.82, 2.24) is 10.1 Å². The lowest BCUT2D eigenvalue weighted by molar-refractivity contribution is -0.139. The third kappa shape index (κ3) is 4.49. The van der Waals surface area contributed by atoms with Crippen molar-refractivity contribution in [3.63, 3.8) is 0 Å². The molecule has 0 bridgehead atoms. The van der Waals surface area contributed by atoms with Crippen molar-refractivity contribution in [2.24, 2.45) is 0 Å². The Kier molecular flexibility index (Phi) is 5.66. The molecule has 0 N–H and O–H groups in total. The normalized spacial score (nSPS) is 10.8. The molecule has 0 saturated carbocycles. The fraction of sp³-hybridized carbons (Fsp3) is 0.105. The first-order chi connectivity index (χ1) is 12.7. The molecule has 1 aromatic heterocycles. The van der Waals surface area contributed by atoms with Crippen LogP contribution in [-0.4, -0.2) is 23.2 Å². The summed E-state index contributed by atoms with van der Waals surface area (Å²) in [6, 6.07) is 14.4. The number of halogens is 1. The number of benzene rings is 2. The zero-order chi connectivity index (χ0) is 18.4. The number of esters is 1. The molecule has 0 fully saturated rings. The average molecular weight is 371 g/mol. The maximum absolute atomic E-state index is 11.8. The third-order valence-electron chi connectivity index (χ3n) is 3.44. The van der Waals surface area contributed by atoms with Crippen LogP contribution in [0.4, 0.5) is 0 Å². The Morgan fingerprint density at radius 1 is 1.19 bits per heavy atom. The molecule has 0 radical (unpaired) electrons. The van der Waals surface area contributed by atoms with Gasteiger partial charge in [-0.3, -0.25) is 0 Å². The first kappa shape index (κ1) is 17.7. The molecule has 2 aromatic carbocycles. The summed E-state index contributed by atoms with van der Waals surface area (Å²) in [6.07, 6.45) is 2.95. The van der Waals surface area contributed by atoms with E-state index >= 15 is 0 Å². The van der Waals surface area contributed by atoms with Crippen LogP contribution >= 0.6 is 11.6 Å². The summed E-state index contributed by atoms with van der Waals surface area (Å²) in [5.41, 5.74) is 1.53. The van der Waals surface area contributed by atoms with Gasteiger partial charge in [0, 0.05) is 11.1 Å². The van der Waals surface area contributed by atoms with E-state index in [9.17, 15) is 4.79 Å². The minimum Gasteiger partial charge on any atom is -0.496 e. The lowest BCUT2D eigenvalue weighted by Crippen LogP contribution is -2.01. The Morgan fingerprint density at radius 3 is 2.73 bits per heavy atom. The Bertz CT molecular complexity index is 919. The standard InChI is InChI=1S/C19H15ClN2O4/c1-24-16-5-3-2-4-15(16)19-21-17(26-22-19)12-25-18(23)11-8-13-6-9-14(20)10-7-13/h2-11H,12H2,1H3/b11-8+. The molecule has 3 rings (SSSR count). The van der Waals surface area contributed by atoms with Crippen LogP contribution in [0.2, 0.25) is 5.02 Å². The van der Waals surface area contributed by atoms with Crippen molar-refractivity contribution in [3.05, 3.63) is 71.1 Å². The van der Waals surface area contributed by atoms with E-state index < -0.39 is 5.97 Å². The molecular weight excluding hydrogens is 356 g/mol. The van der Waals surface area contributed by atoms with Crippen molar-refractivity contribution in [2.45, 2.75) is 6.61 Å². The van der Waals surface area contributed by atoms with E-state index in [0.717, 1.165) is 5.56 Å². The van der Waals surface area contributed by atoms with Gasteiger partial charge in [0.1, 0.15) is 5.75 Å². The second-order valence-electron chi connectivity index (χ2n) is 5.20. The van der Waals surface area contributed by atoms with Gasteiger partial charge >= 0.3 is 5.97 Å². The Hall–Kier alpha value is -3.12. The molecule has 0 saturated heterocycles. The summed E-state index contributed by atoms with van der Waals surface area (Å²) >= 11 is 5.81. The van der Waals surface area contributed by atoms with E-state index in [1.54, 1.807) is 43.5 Å². The van der Waals surface area contributed by atoms with Crippen molar-refractivity contribution in [2.75, 3.05) is 7.11 Å². The van der Waals surface area contributed by atoms with Crippen molar-refractivity contribution in [3.8, 4) is 17.1 Å². The van der Waals surface area contributed by atoms with Crippen LogP contribution in [0.15, 0.2) is 59.1 Å². The predicted octanol–water partition coefficient (Wildman–Crippen LogP) is 4.16. The third-order valence-corrected chi connectivity index (χ3v) is 3.69. The molecule has 0 aliphatic rings. The van der Waals surface area contributed by atoms with Gasteiger partial charge in [0.2, 0.25) is 5.82 Å². The van der Waals surface area contributed by atoms with Gasteiger partial charge in [0.25, 0.3) is 5.89 Å². The Labute approximate surface area is 155 Å². The summed E-state index contributed by atoms with van der Waals surface area (Å²) < 4.78 is 15.5. The number of methoxy groups -OCH3 is 1. The molecule has 7 heteroatoms. The quantitative estimate of drug-likeness (QED) is 0.479. The highest BCUT2D eigenvalue weighted by Gasteiger charge is 2.13.